The summed E-state index contributed by atoms with van der Waals surface area (Å²) in [7, 11) is 0. The van der Waals surface area contributed by atoms with Gasteiger partial charge < -0.3 is 14.4 Å². The van der Waals surface area contributed by atoms with E-state index in [1.165, 1.54) is 16.2 Å². The third-order valence-corrected chi connectivity index (χ3v) is 7.11. The molecule has 0 atom stereocenters. The number of ether oxygens (including phenoxy) is 2. The average Bonchev–Trinajstić information content (AvgIpc) is 3.04. The normalized spacial score (nSPS) is 19.7. The van der Waals surface area contributed by atoms with Crippen LogP contribution in [0.5, 0.6) is 0 Å². The molecule has 5 heterocycles. The number of rotatable bonds is 3. The fraction of sp³-hybridized carbons (Fsp3) is 0.571. The number of fused-ring (bicyclic) bond motifs is 4. The maximum absolute atomic E-state index is 13.3. The van der Waals surface area contributed by atoms with E-state index in [4.69, 9.17) is 19.4 Å². The second-order valence-corrected chi connectivity index (χ2v) is 9.68. The number of morpholine rings is 1. The van der Waals surface area contributed by atoms with Gasteiger partial charge in [-0.3, -0.25) is 9.36 Å². The molecule has 0 saturated carbocycles. The summed E-state index contributed by atoms with van der Waals surface area (Å²) in [5.74, 6) is 0.768. The highest BCUT2D eigenvalue weighted by Gasteiger charge is 2.28. The molecule has 3 aromatic heterocycles. The van der Waals surface area contributed by atoms with Crippen LogP contribution in [0.1, 0.15) is 30.9 Å². The molecule has 1 N–H and O–H groups in total. The molecular weight excluding hydrogens is 388 g/mol. The Morgan fingerprint density at radius 1 is 1.28 bits per heavy atom. The van der Waals surface area contributed by atoms with Gasteiger partial charge in [-0.1, -0.05) is 0 Å². The molecule has 2 aliphatic heterocycles. The van der Waals surface area contributed by atoms with E-state index in [0.29, 0.717) is 17.9 Å². The summed E-state index contributed by atoms with van der Waals surface area (Å²) in [6.07, 6.45) is 0.783. The minimum atomic E-state index is -0.201. The van der Waals surface area contributed by atoms with Gasteiger partial charge in [0.05, 0.1) is 49.7 Å². The molecule has 0 spiro atoms. The molecule has 0 unspecified atom stereocenters. The van der Waals surface area contributed by atoms with E-state index >= 15 is 0 Å². The van der Waals surface area contributed by atoms with Gasteiger partial charge in [0.15, 0.2) is 0 Å². The maximum atomic E-state index is 13.3. The van der Waals surface area contributed by atoms with E-state index in [0.717, 1.165) is 72.1 Å². The second kappa shape index (κ2) is 7.12. The minimum absolute atomic E-state index is 0.0534. The van der Waals surface area contributed by atoms with Crippen LogP contribution in [0.2, 0.25) is 0 Å². The van der Waals surface area contributed by atoms with Gasteiger partial charge in [0, 0.05) is 17.4 Å². The molecule has 2 aliphatic rings. The number of nitrogens with zero attached hydrogens (tertiary/aromatic N) is 3. The molecule has 0 bridgehead atoms. The summed E-state index contributed by atoms with van der Waals surface area (Å²) in [4.78, 5) is 25.4. The number of nitrogens with one attached hydrogen (secondary N) is 1. The molecule has 7 nitrogen and oxygen atoms in total. The molecule has 0 radical (unpaired) electrons. The highest BCUT2D eigenvalue weighted by Crippen LogP contribution is 2.34. The van der Waals surface area contributed by atoms with Crippen molar-refractivity contribution in [1.82, 2.24) is 14.5 Å². The van der Waals surface area contributed by atoms with Crippen LogP contribution in [0.3, 0.4) is 0 Å². The first-order valence-electron chi connectivity index (χ1n) is 10.3. The average molecular weight is 416 g/mol. The zero-order chi connectivity index (χ0) is 20.2. The Kier molecular flexibility index (Phi) is 4.70. The van der Waals surface area contributed by atoms with Crippen molar-refractivity contribution in [3.05, 3.63) is 33.5 Å². The van der Waals surface area contributed by atoms with E-state index in [1.807, 2.05) is 11.5 Å². The number of aryl methyl sites for hydroxylation is 1. The lowest BCUT2D eigenvalue weighted by molar-refractivity contribution is -0.908. The van der Waals surface area contributed by atoms with Crippen LogP contribution in [0.25, 0.3) is 20.4 Å². The van der Waals surface area contributed by atoms with Crippen LogP contribution in [-0.2, 0) is 29.0 Å². The Morgan fingerprint density at radius 2 is 2.07 bits per heavy atom. The summed E-state index contributed by atoms with van der Waals surface area (Å²) in [5.41, 5.74) is 2.82. The summed E-state index contributed by atoms with van der Waals surface area (Å²) < 4.78 is 13.9. The van der Waals surface area contributed by atoms with Crippen molar-refractivity contribution in [2.75, 3.05) is 32.8 Å². The molecule has 5 rings (SSSR count). The van der Waals surface area contributed by atoms with Gasteiger partial charge in [-0.25, -0.2) is 9.97 Å². The van der Waals surface area contributed by atoms with E-state index in [-0.39, 0.29) is 11.2 Å². The van der Waals surface area contributed by atoms with Crippen LogP contribution in [0.15, 0.2) is 10.9 Å². The summed E-state index contributed by atoms with van der Waals surface area (Å²) in [6, 6.07) is 2.12. The molecular formula is C21H27N4O3S+. The molecule has 29 heavy (non-hydrogen) atoms. The number of hydrogen-bond donors (Lipinski definition) is 1. The number of hydrogen-bond acceptors (Lipinski definition) is 6. The third kappa shape index (κ3) is 3.48. The number of quaternary nitrogens is 1. The van der Waals surface area contributed by atoms with Crippen LogP contribution in [0.4, 0.5) is 0 Å². The highest BCUT2D eigenvalue weighted by atomic mass is 32.1. The Morgan fingerprint density at radius 3 is 2.86 bits per heavy atom. The molecule has 0 aliphatic carbocycles. The molecule has 154 valence electrons. The van der Waals surface area contributed by atoms with Crippen molar-refractivity contribution in [2.45, 2.75) is 45.9 Å². The Bertz CT molecular complexity index is 1140. The second-order valence-electron chi connectivity index (χ2n) is 8.68. The van der Waals surface area contributed by atoms with Crippen LogP contribution < -0.4 is 10.5 Å². The topological polar surface area (TPSA) is 70.7 Å². The summed E-state index contributed by atoms with van der Waals surface area (Å²) in [6.45, 7) is 11.9. The summed E-state index contributed by atoms with van der Waals surface area (Å²) >= 11 is 1.47. The number of pyridine rings is 1. The van der Waals surface area contributed by atoms with Crippen molar-refractivity contribution in [3.8, 4) is 0 Å². The Balaban J connectivity index is 1.54. The Labute approximate surface area is 173 Å². The number of thiophene rings is 1. The van der Waals surface area contributed by atoms with Gasteiger partial charge in [-0.2, -0.15) is 0 Å². The Hall–Kier alpha value is -1.87. The van der Waals surface area contributed by atoms with Crippen molar-refractivity contribution in [3.63, 3.8) is 0 Å². The third-order valence-electron chi connectivity index (χ3n) is 6.03. The van der Waals surface area contributed by atoms with Gasteiger partial charge in [-0.15, -0.1) is 11.3 Å². The van der Waals surface area contributed by atoms with Gasteiger partial charge in [-0.05, 0) is 26.8 Å². The van der Waals surface area contributed by atoms with Crippen LogP contribution >= 0.6 is 11.3 Å². The van der Waals surface area contributed by atoms with Gasteiger partial charge in [0.25, 0.3) is 5.56 Å². The van der Waals surface area contributed by atoms with Gasteiger partial charge in [0.1, 0.15) is 28.4 Å². The lowest BCUT2D eigenvalue weighted by atomic mass is 9.95. The first kappa shape index (κ1) is 19.1. The molecule has 0 aromatic carbocycles. The predicted molar refractivity (Wildman–Crippen MR) is 113 cm³/mol. The molecule has 8 heteroatoms. The smallest absolute Gasteiger partial charge is 0.271 e. The molecule has 0 amide bonds. The highest BCUT2D eigenvalue weighted by molar-refractivity contribution is 7.25. The maximum Gasteiger partial charge on any atom is 0.271 e. The quantitative estimate of drug-likeness (QED) is 0.693. The largest absolute Gasteiger partial charge is 0.370 e. The van der Waals surface area contributed by atoms with Crippen molar-refractivity contribution < 1.29 is 14.4 Å². The van der Waals surface area contributed by atoms with Crippen molar-refractivity contribution in [2.24, 2.45) is 0 Å². The van der Waals surface area contributed by atoms with Crippen molar-refractivity contribution >= 4 is 31.8 Å². The first-order valence-corrected chi connectivity index (χ1v) is 11.1. The predicted octanol–water partition coefficient (Wildman–Crippen LogP) is 1.08. The van der Waals surface area contributed by atoms with Crippen LogP contribution in [-0.4, -0.2) is 53.0 Å². The number of aromatic nitrogens is 3. The zero-order valence-electron chi connectivity index (χ0n) is 17.2. The van der Waals surface area contributed by atoms with Gasteiger partial charge in [0.2, 0.25) is 0 Å². The van der Waals surface area contributed by atoms with E-state index in [2.05, 4.69) is 19.9 Å². The van der Waals surface area contributed by atoms with E-state index < -0.39 is 0 Å². The SMILES string of the molecule is Cc1nc2c(sc3nc4c(cc32)COC(C)(C)C4)c(=O)n1CC[NH+]1CCOCC1. The zero-order valence-corrected chi connectivity index (χ0v) is 18.0. The van der Waals surface area contributed by atoms with Gasteiger partial charge >= 0.3 is 0 Å². The summed E-state index contributed by atoms with van der Waals surface area (Å²) in [5, 5.41) is 0.971. The fourth-order valence-corrected chi connectivity index (χ4v) is 5.35. The van der Waals surface area contributed by atoms with E-state index in [9.17, 15) is 4.79 Å². The fourth-order valence-electron chi connectivity index (χ4n) is 4.29. The molecule has 3 aromatic rings. The standard InChI is InChI=1S/C21H26N4O3S/c1-13-22-17-15-10-14-12-28-21(2,3)11-16(14)23-19(15)29-18(17)20(26)25(13)5-4-24-6-8-27-9-7-24/h10H,4-9,11-12H2,1-3H3/p+1. The minimum Gasteiger partial charge on any atom is -0.370 e. The van der Waals surface area contributed by atoms with E-state index in [1.54, 1.807) is 0 Å². The lowest BCUT2D eigenvalue weighted by Gasteiger charge is -2.30. The lowest BCUT2D eigenvalue weighted by Crippen LogP contribution is -3.14. The molecule has 1 fully saturated rings. The van der Waals surface area contributed by atoms with Crippen LogP contribution in [0, 0.1) is 6.92 Å². The first-order chi connectivity index (χ1) is 13.9. The monoisotopic (exact) mass is 415 g/mol. The molecule has 1 saturated heterocycles. The van der Waals surface area contributed by atoms with Crippen molar-refractivity contribution in [1.29, 1.82) is 0 Å².